The van der Waals surface area contributed by atoms with Gasteiger partial charge in [-0.15, -0.1) is 0 Å². The second kappa shape index (κ2) is 6.52. The van der Waals surface area contributed by atoms with E-state index in [1.807, 2.05) is 0 Å². The Labute approximate surface area is 111 Å². The quantitative estimate of drug-likeness (QED) is 0.905. The van der Waals surface area contributed by atoms with E-state index in [-0.39, 0.29) is 24.4 Å². The lowest BCUT2D eigenvalue weighted by Gasteiger charge is -2.23. The minimum Gasteiger partial charge on any atom is -0.484 e. The highest BCUT2D eigenvalue weighted by atomic mass is 19.1. The third-order valence-corrected chi connectivity index (χ3v) is 3.09. The zero-order chi connectivity index (χ0) is 13.7. The summed E-state index contributed by atoms with van der Waals surface area (Å²) in [6, 6.07) is 4.60. The summed E-state index contributed by atoms with van der Waals surface area (Å²) < 4.78 is 23.6. The number of hydrogen-bond acceptors (Lipinski definition) is 3. The summed E-state index contributed by atoms with van der Waals surface area (Å²) in [5.41, 5.74) is 0.502. The number of aryl methyl sites for hydroxylation is 1. The van der Waals surface area contributed by atoms with Crippen molar-refractivity contribution in [2.75, 3.05) is 19.8 Å². The first-order chi connectivity index (χ1) is 9.15. The molecule has 1 aromatic rings. The Kier molecular flexibility index (Phi) is 4.74. The molecule has 0 aliphatic carbocycles. The van der Waals surface area contributed by atoms with Crippen LogP contribution in [0.3, 0.4) is 0 Å². The van der Waals surface area contributed by atoms with Crippen LogP contribution in [-0.4, -0.2) is 31.8 Å². The third-order valence-electron chi connectivity index (χ3n) is 3.09. The van der Waals surface area contributed by atoms with E-state index in [1.165, 1.54) is 12.1 Å². The molecule has 2 rings (SSSR count). The van der Waals surface area contributed by atoms with Gasteiger partial charge in [-0.1, -0.05) is 0 Å². The van der Waals surface area contributed by atoms with Crippen molar-refractivity contribution in [3.8, 4) is 5.75 Å². The van der Waals surface area contributed by atoms with Gasteiger partial charge in [0.25, 0.3) is 5.91 Å². The van der Waals surface area contributed by atoms with E-state index in [1.54, 1.807) is 13.0 Å². The van der Waals surface area contributed by atoms with E-state index >= 15 is 0 Å². The molecule has 1 aliphatic heterocycles. The van der Waals surface area contributed by atoms with Gasteiger partial charge in [0.05, 0.1) is 0 Å². The number of halogens is 1. The number of carbonyl (C=O) groups is 1. The van der Waals surface area contributed by atoms with Crippen molar-refractivity contribution in [2.45, 2.75) is 25.8 Å². The predicted octanol–water partition coefficient (Wildman–Crippen LogP) is 1.81. The Morgan fingerprint density at radius 1 is 1.47 bits per heavy atom. The Morgan fingerprint density at radius 3 is 2.89 bits per heavy atom. The molecular formula is C14H18FNO3. The molecule has 19 heavy (non-hydrogen) atoms. The highest BCUT2D eigenvalue weighted by molar-refractivity contribution is 5.77. The largest absolute Gasteiger partial charge is 0.484 e. The van der Waals surface area contributed by atoms with Crippen LogP contribution in [0.1, 0.15) is 18.4 Å². The van der Waals surface area contributed by atoms with Crippen molar-refractivity contribution in [2.24, 2.45) is 0 Å². The van der Waals surface area contributed by atoms with Crippen LogP contribution < -0.4 is 10.1 Å². The summed E-state index contributed by atoms with van der Waals surface area (Å²) in [6.45, 7) is 2.97. The second-order valence-corrected chi connectivity index (χ2v) is 4.65. The van der Waals surface area contributed by atoms with Gasteiger partial charge in [-0.25, -0.2) is 4.39 Å². The van der Waals surface area contributed by atoms with Crippen molar-refractivity contribution in [3.05, 3.63) is 29.6 Å². The highest BCUT2D eigenvalue weighted by Gasteiger charge is 2.16. The van der Waals surface area contributed by atoms with E-state index in [9.17, 15) is 9.18 Å². The summed E-state index contributed by atoms with van der Waals surface area (Å²) in [6.07, 6.45) is 1.67. The fourth-order valence-corrected chi connectivity index (χ4v) is 1.97. The molecule has 0 atom stereocenters. The summed E-state index contributed by atoms with van der Waals surface area (Å²) >= 11 is 0. The molecular weight excluding hydrogens is 249 g/mol. The van der Waals surface area contributed by atoms with Gasteiger partial charge < -0.3 is 14.8 Å². The highest BCUT2D eigenvalue weighted by Crippen LogP contribution is 2.15. The number of benzene rings is 1. The molecule has 0 saturated carbocycles. The van der Waals surface area contributed by atoms with Crippen LogP contribution in [0.15, 0.2) is 18.2 Å². The van der Waals surface area contributed by atoms with Gasteiger partial charge in [-0.05, 0) is 43.5 Å². The fraction of sp³-hybridized carbons (Fsp3) is 0.500. The summed E-state index contributed by atoms with van der Waals surface area (Å²) in [5, 5.41) is 2.90. The van der Waals surface area contributed by atoms with Gasteiger partial charge in [-0.2, -0.15) is 0 Å². The Morgan fingerprint density at radius 2 is 2.21 bits per heavy atom. The van der Waals surface area contributed by atoms with E-state index < -0.39 is 0 Å². The maximum absolute atomic E-state index is 13.1. The first-order valence-corrected chi connectivity index (χ1v) is 6.41. The maximum Gasteiger partial charge on any atom is 0.258 e. The van der Waals surface area contributed by atoms with E-state index in [2.05, 4.69) is 5.32 Å². The molecule has 1 amide bonds. The van der Waals surface area contributed by atoms with Gasteiger partial charge in [0, 0.05) is 19.3 Å². The Balaban J connectivity index is 1.77. The van der Waals surface area contributed by atoms with Gasteiger partial charge in [0.15, 0.2) is 6.61 Å². The van der Waals surface area contributed by atoms with E-state index in [0.29, 0.717) is 24.5 Å². The van der Waals surface area contributed by atoms with Crippen LogP contribution in [0.2, 0.25) is 0 Å². The Hall–Kier alpha value is -1.62. The molecule has 1 saturated heterocycles. The Bertz CT molecular complexity index is 444. The van der Waals surface area contributed by atoms with Crippen LogP contribution >= 0.6 is 0 Å². The lowest BCUT2D eigenvalue weighted by atomic mass is 10.1. The zero-order valence-electron chi connectivity index (χ0n) is 10.9. The number of nitrogens with one attached hydrogen (secondary N) is 1. The standard InChI is InChI=1S/C14H18FNO3/c1-10-8-12(2-3-13(10)15)19-9-14(17)16-11-4-6-18-7-5-11/h2-3,8,11H,4-7,9H2,1H3,(H,16,17). The minimum absolute atomic E-state index is 0.0531. The van der Waals surface area contributed by atoms with Crippen molar-refractivity contribution in [3.63, 3.8) is 0 Å². The van der Waals surface area contributed by atoms with Crippen LogP contribution in [0.25, 0.3) is 0 Å². The molecule has 0 spiro atoms. The van der Waals surface area contributed by atoms with Gasteiger partial charge in [0.2, 0.25) is 0 Å². The summed E-state index contributed by atoms with van der Waals surface area (Å²) in [4.78, 5) is 11.7. The number of carbonyl (C=O) groups excluding carboxylic acids is 1. The maximum atomic E-state index is 13.1. The first kappa shape index (κ1) is 13.8. The number of rotatable bonds is 4. The molecule has 0 radical (unpaired) electrons. The second-order valence-electron chi connectivity index (χ2n) is 4.65. The van der Waals surface area contributed by atoms with E-state index in [0.717, 1.165) is 12.8 Å². The normalized spacial score (nSPS) is 16.1. The van der Waals surface area contributed by atoms with Crippen LogP contribution in [-0.2, 0) is 9.53 Å². The topological polar surface area (TPSA) is 47.6 Å². The predicted molar refractivity (Wildman–Crippen MR) is 68.6 cm³/mol. The molecule has 0 bridgehead atoms. The van der Waals surface area contributed by atoms with Gasteiger partial charge >= 0.3 is 0 Å². The molecule has 1 heterocycles. The molecule has 1 N–H and O–H groups in total. The number of ether oxygens (including phenoxy) is 2. The summed E-state index contributed by atoms with van der Waals surface area (Å²) in [7, 11) is 0. The lowest BCUT2D eigenvalue weighted by molar-refractivity contribution is -0.124. The average molecular weight is 267 g/mol. The molecule has 0 aromatic heterocycles. The molecule has 1 fully saturated rings. The SMILES string of the molecule is Cc1cc(OCC(=O)NC2CCOCC2)ccc1F. The van der Waals surface area contributed by atoms with Crippen molar-refractivity contribution in [1.29, 1.82) is 0 Å². The fourth-order valence-electron chi connectivity index (χ4n) is 1.97. The minimum atomic E-state index is -0.279. The lowest BCUT2D eigenvalue weighted by Crippen LogP contribution is -2.41. The average Bonchev–Trinajstić information content (AvgIpc) is 2.41. The van der Waals surface area contributed by atoms with Crippen LogP contribution in [0, 0.1) is 12.7 Å². The third kappa shape index (κ3) is 4.21. The monoisotopic (exact) mass is 267 g/mol. The van der Waals surface area contributed by atoms with Crippen LogP contribution in [0.5, 0.6) is 5.75 Å². The number of hydrogen-bond donors (Lipinski definition) is 1. The van der Waals surface area contributed by atoms with Gasteiger partial charge in [0.1, 0.15) is 11.6 Å². The van der Waals surface area contributed by atoms with Crippen LogP contribution in [0.4, 0.5) is 4.39 Å². The molecule has 1 aromatic carbocycles. The van der Waals surface area contributed by atoms with Crippen molar-refractivity contribution < 1.29 is 18.7 Å². The molecule has 4 nitrogen and oxygen atoms in total. The summed E-state index contributed by atoms with van der Waals surface area (Å²) in [5.74, 6) is 0.0638. The van der Waals surface area contributed by atoms with E-state index in [4.69, 9.17) is 9.47 Å². The van der Waals surface area contributed by atoms with Crippen molar-refractivity contribution in [1.82, 2.24) is 5.32 Å². The first-order valence-electron chi connectivity index (χ1n) is 6.41. The smallest absolute Gasteiger partial charge is 0.258 e. The number of amides is 1. The molecule has 1 aliphatic rings. The molecule has 104 valence electrons. The molecule has 0 unspecified atom stereocenters. The van der Waals surface area contributed by atoms with Gasteiger partial charge in [-0.3, -0.25) is 4.79 Å². The van der Waals surface area contributed by atoms with Crippen molar-refractivity contribution >= 4 is 5.91 Å². The zero-order valence-corrected chi connectivity index (χ0v) is 10.9. The molecule has 5 heteroatoms.